The SMILES string of the molecule is CCc1c(CC)c(N=C=O)c(CC)c(CC)c1N=C=O. The molecule has 0 bridgehead atoms. The van der Waals surface area contributed by atoms with E-state index >= 15 is 0 Å². The zero-order chi connectivity index (χ0) is 15.1. The number of isocyanates is 2. The summed E-state index contributed by atoms with van der Waals surface area (Å²) in [5.41, 5.74) is 5.36. The largest absolute Gasteiger partial charge is 0.240 e. The normalized spacial score (nSPS) is 9.80. The molecule has 0 heterocycles. The standard InChI is InChI=1S/C16H20N2O2/c1-5-11-12(6-2)16(18-10-20)14(8-4)13(7-3)15(11)17-9-19/h5-8H2,1-4H3. The molecule has 0 N–H and O–H groups in total. The van der Waals surface area contributed by atoms with Gasteiger partial charge in [0.2, 0.25) is 12.2 Å². The molecule has 4 heteroatoms. The Morgan fingerprint density at radius 2 is 0.900 bits per heavy atom. The molecule has 0 aromatic heterocycles. The third-order valence-corrected chi connectivity index (χ3v) is 3.60. The summed E-state index contributed by atoms with van der Waals surface area (Å²) in [7, 11) is 0. The maximum Gasteiger partial charge on any atom is 0.240 e. The molecule has 106 valence electrons. The van der Waals surface area contributed by atoms with E-state index in [4.69, 9.17) is 0 Å². The van der Waals surface area contributed by atoms with E-state index in [1.807, 2.05) is 27.7 Å². The van der Waals surface area contributed by atoms with Crippen LogP contribution in [-0.2, 0) is 35.3 Å². The van der Waals surface area contributed by atoms with Crippen LogP contribution in [0.1, 0.15) is 49.9 Å². The van der Waals surface area contributed by atoms with Gasteiger partial charge in [-0.15, -0.1) is 0 Å². The summed E-state index contributed by atoms with van der Waals surface area (Å²) in [5.74, 6) is 0. The third-order valence-electron chi connectivity index (χ3n) is 3.60. The van der Waals surface area contributed by atoms with Crippen molar-refractivity contribution in [3.63, 3.8) is 0 Å². The van der Waals surface area contributed by atoms with Crippen molar-refractivity contribution in [1.29, 1.82) is 0 Å². The molecule has 1 aromatic rings. The number of hydrogen-bond acceptors (Lipinski definition) is 4. The van der Waals surface area contributed by atoms with Crippen LogP contribution in [0.4, 0.5) is 11.4 Å². The van der Waals surface area contributed by atoms with Gasteiger partial charge in [-0.1, -0.05) is 27.7 Å². The molecule has 0 aliphatic rings. The molecule has 0 saturated heterocycles. The lowest BCUT2D eigenvalue weighted by atomic mass is 9.88. The van der Waals surface area contributed by atoms with Gasteiger partial charge in [-0.25, -0.2) is 9.59 Å². The summed E-state index contributed by atoms with van der Waals surface area (Å²) in [4.78, 5) is 29.3. The second-order valence-corrected chi connectivity index (χ2v) is 4.43. The number of nitrogens with zero attached hydrogens (tertiary/aromatic N) is 2. The third kappa shape index (κ3) is 2.77. The molecule has 0 radical (unpaired) electrons. The Balaban J connectivity index is 3.96. The minimum atomic E-state index is 0.712. The van der Waals surface area contributed by atoms with Gasteiger partial charge in [-0.05, 0) is 47.9 Å². The highest BCUT2D eigenvalue weighted by Gasteiger charge is 2.20. The molecule has 0 aliphatic heterocycles. The van der Waals surface area contributed by atoms with Crippen LogP contribution in [-0.4, -0.2) is 12.2 Å². The predicted molar refractivity (Wildman–Crippen MR) is 79.5 cm³/mol. The van der Waals surface area contributed by atoms with Gasteiger partial charge in [0.05, 0.1) is 11.4 Å². The van der Waals surface area contributed by atoms with E-state index < -0.39 is 0 Å². The average molecular weight is 272 g/mol. The van der Waals surface area contributed by atoms with Gasteiger partial charge in [0.25, 0.3) is 0 Å². The summed E-state index contributed by atoms with van der Waals surface area (Å²) in [6, 6.07) is 0. The van der Waals surface area contributed by atoms with E-state index in [2.05, 4.69) is 9.98 Å². The Morgan fingerprint density at radius 3 is 1.05 bits per heavy atom. The van der Waals surface area contributed by atoms with Gasteiger partial charge >= 0.3 is 0 Å². The van der Waals surface area contributed by atoms with Crippen molar-refractivity contribution >= 4 is 23.5 Å². The van der Waals surface area contributed by atoms with E-state index in [0.717, 1.165) is 47.9 Å². The number of hydrogen-bond donors (Lipinski definition) is 0. The number of aliphatic imine (C=N–C) groups is 2. The van der Waals surface area contributed by atoms with Crippen LogP contribution in [0.3, 0.4) is 0 Å². The van der Waals surface area contributed by atoms with Crippen LogP contribution >= 0.6 is 0 Å². The first kappa shape index (κ1) is 16.0. The monoisotopic (exact) mass is 272 g/mol. The van der Waals surface area contributed by atoms with E-state index in [9.17, 15) is 9.59 Å². The fourth-order valence-corrected chi connectivity index (χ4v) is 2.82. The molecule has 0 spiro atoms. The molecule has 0 aliphatic carbocycles. The van der Waals surface area contributed by atoms with Crippen molar-refractivity contribution < 1.29 is 9.59 Å². The first-order valence-corrected chi connectivity index (χ1v) is 7.05. The fourth-order valence-electron chi connectivity index (χ4n) is 2.82. The lowest BCUT2D eigenvalue weighted by Gasteiger charge is -2.19. The summed E-state index contributed by atoms with van der Waals surface area (Å²) >= 11 is 0. The molecule has 0 saturated carbocycles. The van der Waals surface area contributed by atoms with Crippen LogP contribution in [0.25, 0.3) is 0 Å². The Bertz CT molecular complexity index is 507. The minimum absolute atomic E-state index is 0.712. The molecule has 0 atom stereocenters. The number of benzene rings is 1. The van der Waals surface area contributed by atoms with E-state index in [0.29, 0.717) is 11.4 Å². The summed E-state index contributed by atoms with van der Waals surface area (Å²) in [6.07, 6.45) is 6.26. The van der Waals surface area contributed by atoms with E-state index in [-0.39, 0.29) is 0 Å². The van der Waals surface area contributed by atoms with Crippen molar-refractivity contribution in [2.75, 3.05) is 0 Å². The molecule has 0 unspecified atom stereocenters. The van der Waals surface area contributed by atoms with Crippen molar-refractivity contribution in [3.8, 4) is 0 Å². The number of carbonyl (C=O) groups excluding carboxylic acids is 2. The molecule has 20 heavy (non-hydrogen) atoms. The quantitative estimate of drug-likeness (QED) is 0.583. The van der Waals surface area contributed by atoms with Gasteiger partial charge in [-0.2, -0.15) is 9.98 Å². The molecular formula is C16H20N2O2. The lowest BCUT2D eigenvalue weighted by molar-refractivity contribution is 0.564. The zero-order valence-electron chi connectivity index (χ0n) is 12.5. The highest BCUT2D eigenvalue weighted by Crippen LogP contribution is 2.40. The lowest BCUT2D eigenvalue weighted by Crippen LogP contribution is -2.02. The van der Waals surface area contributed by atoms with E-state index in [1.165, 1.54) is 0 Å². The van der Waals surface area contributed by atoms with E-state index in [1.54, 1.807) is 12.2 Å². The Labute approximate surface area is 119 Å². The Morgan fingerprint density at radius 1 is 0.650 bits per heavy atom. The minimum Gasteiger partial charge on any atom is -0.211 e. The zero-order valence-corrected chi connectivity index (χ0v) is 12.5. The Hall–Kier alpha value is -2.02. The summed E-state index contributed by atoms with van der Waals surface area (Å²) in [6.45, 7) is 8.05. The highest BCUT2D eigenvalue weighted by atomic mass is 16.1. The second-order valence-electron chi connectivity index (χ2n) is 4.43. The van der Waals surface area contributed by atoms with Gasteiger partial charge in [0, 0.05) is 0 Å². The smallest absolute Gasteiger partial charge is 0.211 e. The number of rotatable bonds is 6. The predicted octanol–water partition coefficient (Wildman–Crippen LogP) is 3.87. The maximum absolute atomic E-state index is 10.7. The van der Waals surface area contributed by atoms with Crippen LogP contribution in [0.15, 0.2) is 9.98 Å². The topological polar surface area (TPSA) is 58.9 Å². The molecule has 4 nitrogen and oxygen atoms in total. The van der Waals surface area contributed by atoms with Gasteiger partial charge in [0.15, 0.2) is 0 Å². The van der Waals surface area contributed by atoms with Crippen molar-refractivity contribution in [3.05, 3.63) is 22.3 Å². The van der Waals surface area contributed by atoms with Gasteiger partial charge in [-0.3, -0.25) is 0 Å². The molecule has 1 rings (SSSR count). The molecule has 0 amide bonds. The Kier molecular flexibility index (Phi) is 6.05. The molecular weight excluding hydrogens is 252 g/mol. The highest BCUT2D eigenvalue weighted by molar-refractivity contribution is 5.74. The fraction of sp³-hybridized carbons (Fsp3) is 0.500. The maximum atomic E-state index is 10.7. The van der Waals surface area contributed by atoms with Crippen molar-refractivity contribution in [2.24, 2.45) is 9.98 Å². The first-order valence-electron chi connectivity index (χ1n) is 7.05. The molecule has 1 aromatic carbocycles. The van der Waals surface area contributed by atoms with Crippen LogP contribution < -0.4 is 0 Å². The van der Waals surface area contributed by atoms with Crippen molar-refractivity contribution in [1.82, 2.24) is 0 Å². The van der Waals surface area contributed by atoms with Gasteiger partial charge < -0.3 is 0 Å². The van der Waals surface area contributed by atoms with Crippen LogP contribution in [0.5, 0.6) is 0 Å². The first-order chi connectivity index (χ1) is 9.69. The summed E-state index contributed by atoms with van der Waals surface area (Å²) < 4.78 is 0. The van der Waals surface area contributed by atoms with Crippen molar-refractivity contribution in [2.45, 2.75) is 53.4 Å². The molecule has 0 fully saturated rings. The van der Waals surface area contributed by atoms with Crippen LogP contribution in [0.2, 0.25) is 0 Å². The van der Waals surface area contributed by atoms with Gasteiger partial charge in [0.1, 0.15) is 0 Å². The second kappa shape index (κ2) is 7.54. The summed E-state index contributed by atoms with van der Waals surface area (Å²) in [5, 5.41) is 0. The average Bonchev–Trinajstić information content (AvgIpc) is 2.47. The van der Waals surface area contributed by atoms with Crippen LogP contribution in [0, 0.1) is 0 Å².